The maximum absolute atomic E-state index is 13.6. The monoisotopic (exact) mass is 531 g/mol. The molecule has 3 nitrogen and oxygen atoms in total. The first-order chi connectivity index (χ1) is 18.8. The molecule has 0 aliphatic heterocycles. The third-order valence-electron chi connectivity index (χ3n) is 8.26. The number of halogens is 3. The summed E-state index contributed by atoms with van der Waals surface area (Å²) in [7, 11) is 0. The summed E-state index contributed by atoms with van der Waals surface area (Å²) in [6.07, 6.45) is 4.04. The fourth-order valence-electron chi connectivity index (χ4n) is 6.28. The highest BCUT2D eigenvalue weighted by Crippen LogP contribution is 2.36. The van der Waals surface area contributed by atoms with Gasteiger partial charge in [-0.25, -0.2) is 4.85 Å². The van der Waals surface area contributed by atoms with Crippen molar-refractivity contribution in [2.24, 2.45) is 5.92 Å². The first-order valence-electron chi connectivity index (χ1n) is 14.1. The highest BCUT2D eigenvalue weighted by atomic mass is 19.4. The molecule has 3 aromatic rings. The molecule has 1 saturated carbocycles. The van der Waals surface area contributed by atoms with Gasteiger partial charge in [0.1, 0.15) is 0 Å². The number of benzene rings is 3. The number of rotatable bonds is 9. The smallest absolute Gasteiger partial charge is 0.371 e. The van der Waals surface area contributed by atoms with Crippen LogP contribution in [-0.2, 0) is 32.1 Å². The first kappa shape index (κ1) is 27.1. The lowest BCUT2D eigenvalue weighted by molar-refractivity contribution is -0.137. The van der Waals surface area contributed by atoms with E-state index in [1.165, 1.54) is 60.5 Å². The molecule has 0 unspecified atom stereocenters. The molecule has 2 aliphatic rings. The van der Waals surface area contributed by atoms with Crippen molar-refractivity contribution >= 4 is 17.1 Å². The summed E-state index contributed by atoms with van der Waals surface area (Å²) in [6.45, 7) is 12.4. The van der Waals surface area contributed by atoms with Crippen molar-refractivity contribution in [3.63, 3.8) is 0 Å². The number of hydrogen-bond acceptors (Lipinski definition) is 2. The summed E-state index contributed by atoms with van der Waals surface area (Å²) in [6, 6.07) is 18.3. The molecule has 0 N–H and O–H groups in total. The molecule has 5 rings (SSSR count). The Morgan fingerprint density at radius 2 is 1.59 bits per heavy atom. The standard InChI is InChI=1S/C33H36F3N3/c1-3-38(21-24-10-7-8-11-24)32-19-27-13-9-12-26(27)18-28(32)23-39(31-14-5-4-6-15-31)22-25-16-29(33(34,35)36)20-30(17-25)37-2/h4-6,14-20,24H,3,7-13,21-23H2,1H3. The quantitative estimate of drug-likeness (QED) is 0.255. The summed E-state index contributed by atoms with van der Waals surface area (Å²) >= 11 is 0. The van der Waals surface area contributed by atoms with E-state index in [9.17, 15) is 13.2 Å². The average molecular weight is 532 g/mol. The first-order valence-corrected chi connectivity index (χ1v) is 14.1. The van der Waals surface area contributed by atoms with Crippen molar-refractivity contribution in [3.8, 4) is 0 Å². The zero-order chi connectivity index (χ0) is 27.4. The number of anilines is 2. The largest absolute Gasteiger partial charge is 0.415 e. The number of aryl methyl sites for hydroxylation is 2. The van der Waals surface area contributed by atoms with Crippen LogP contribution in [0.2, 0.25) is 0 Å². The number of fused-ring (bicyclic) bond motifs is 1. The lowest BCUT2D eigenvalue weighted by Gasteiger charge is -2.32. The second kappa shape index (κ2) is 11.7. The van der Waals surface area contributed by atoms with E-state index in [1.54, 1.807) is 6.07 Å². The van der Waals surface area contributed by atoms with Gasteiger partial charge in [0.15, 0.2) is 5.69 Å². The fraction of sp³-hybridized carbons (Fsp3) is 0.424. The second-order valence-electron chi connectivity index (χ2n) is 11.0. The van der Waals surface area contributed by atoms with Crippen LogP contribution in [0.15, 0.2) is 60.7 Å². The molecule has 0 bridgehead atoms. The molecule has 0 radical (unpaired) electrons. The van der Waals surface area contributed by atoms with Crippen molar-refractivity contribution in [1.82, 2.24) is 0 Å². The van der Waals surface area contributed by atoms with Gasteiger partial charge >= 0.3 is 6.18 Å². The van der Waals surface area contributed by atoms with E-state index < -0.39 is 11.7 Å². The Morgan fingerprint density at radius 3 is 2.26 bits per heavy atom. The van der Waals surface area contributed by atoms with Gasteiger partial charge in [-0.2, -0.15) is 13.2 Å². The molecule has 3 aromatic carbocycles. The Labute approximate surface area is 230 Å². The highest BCUT2D eigenvalue weighted by molar-refractivity contribution is 5.61. The minimum Gasteiger partial charge on any atom is -0.371 e. The summed E-state index contributed by atoms with van der Waals surface area (Å²) in [5, 5.41) is 0. The van der Waals surface area contributed by atoms with E-state index in [-0.39, 0.29) is 12.2 Å². The number of alkyl halides is 3. The van der Waals surface area contributed by atoms with E-state index >= 15 is 0 Å². The Hall–Kier alpha value is -3.46. The minimum absolute atomic E-state index is 0.0137. The summed E-state index contributed by atoms with van der Waals surface area (Å²) in [5.41, 5.74) is 5.99. The molecule has 1 fully saturated rings. The minimum atomic E-state index is -4.50. The van der Waals surface area contributed by atoms with Gasteiger partial charge in [-0.05, 0) is 97.5 Å². The molecule has 6 heteroatoms. The molecule has 0 amide bonds. The Kier molecular flexibility index (Phi) is 8.16. The van der Waals surface area contributed by atoms with Crippen LogP contribution < -0.4 is 9.80 Å². The fourth-order valence-corrected chi connectivity index (χ4v) is 6.28. The molecule has 204 valence electrons. The van der Waals surface area contributed by atoms with Crippen molar-refractivity contribution in [2.45, 2.75) is 71.1 Å². The van der Waals surface area contributed by atoms with E-state index in [1.807, 2.05) is 30.3 Å². The summed E-state index contributed by atoms with van der Waals surface area (Å²) in [5.74, 6) is 0.716. The molecular weight excluding hydrogens is 495 g/mol. The van der Waals surface area contributed by atoms with E-state index in [0.717, 1.165) is 37.7 Å². The van der Waals surface area contributed by atoms with Crippen LogP contribution in [0, 0.1) is 12.5 Å². The normalized spacial score (nSPS) is 15.3. The van der Waals surface area contributed by atoms with Gasteiger partial charge in [0.25, 0.3) is 0 Å². The van der Waals surface area contributed by atoms with Crippen LogP contribution >= 0.6 is 0 Å². The molecular formula is C33H36F3N3. The number of hydrogen-bond donors (Lipinski definition) is 0. The molecule has 0 saturated heterocycles. The maximum atomic E-state index is 13.6. The van der Waals surface area contributed by atoms with E-state index in [4.69, 9.17) is 6.57 Å². The summed E-state index contributed by atoms with van der Waals surface area (Å²) in [4.78, 5) is 8.00. The Morgan fingerprint density at radius 1 is 0.872 bits per heavy atom. The van der Waals surface area contributed by atoms with Gasteiger partial charge in [-0.1, -0.05) is 43.2 Å². The van der Waals surface area contributed by atoms with Gasteiger partial charge in [0.2, 0.25) is 0 Å². The van der Waals surface area contributed by atoms with Crippen LogP contribution in [0.25, 0.3) is 4.85 Å². The van der Waals surface area contributed by atoms with Crippen LogP contribution in [0.3, 0.4) is 0 Å². The highest BCUT2D eigenvalue weighted by Gasteiger charge is 2.31. The predicted octanol–water partition coefficient (Wildman–Crippen LogP) is 8.97. The van der Waals surface area contributed by atoms with E-state index in [0.29, 0.717) is 18.0 Å². The topological polar surface area (TPSA) is 10.8 Å². The molecule has 39 heavy (non-hydrogen) atoms. The lowest BCUT2D eigenvalue weighted by Crippen LogP contribution is -2.31. The van der Waals surface area contributed by atoms with Gasteiger partial charge in [0, 0.05) is 43.1 Å². The van der Waals surface area contributed by atoms with Crippen molar-refractivity contribution in [3.05, 3.63) is 99.9 Å². The van der Waals surface area contributed by atoms with Crippen LogP contribution in [0.5, 0.6) is 0 Å². The predicted molar refractivity (Wildman–Crippen MR) is 152 cm³/mol. The van der Waals surface area contributed by atoms with Crippen molar-refractivity contribution < 1.29 is 13.2 Å². The van der Waals surface area contributed by atoms with Gasteiger partial charge in [0.05, 0.1) is 6.57 Å². The molecule has 0 heterocycles. The molecule has 2 aliphatic carbocycles. The maximum Gasteiger partial charge on any atom is 0.415 e. The number of para-hydroxylation sites is 1. The second-order valence-corrected chi connectivity index (χ2v) is 11.0. The van der Waals surface area contributed by atoms with Crippen LogP contribution in [-0.4, -0.2) is 13.1 Å². The number of nitrogens with zero attached hydrogens (tertiary/aromatic N) is 3. The molecule has 0 spiro atoms. The van der Waals surface area contributed by atoms with E-state index in [2.05, 4.69) is 33.7 Å². The van der Waals surface area contributed by atoms with Crippen molar-refractivity contribution in [1.29, 1.82) is 0 Å². The van der Waals surface area contributed by atoms with Crippen molar-refractivity contribution in [2.75, 3.05) is 22.9 Å². The zero-order valence-corrected chi connectivity index (χ0v) is 22.6. The van der Waals surface area contributed by atoms with Gasteiger partial charge in [-0.15, -0.1) is 0 Å². The SMILES string of the molecule is [C-]#[N+]c1cc(CN(Cc2cc3c(cc2N(CC)CC2CCCC2)CCC3)c2ccccc2)cc(C(F)(F)F)c1. The van der Waals surface area contributed by atoms with Crippen LogP contribution in [0.4, 0.5) is 30.2 Å². The third-order valence-corrected chi connectivity index (χ3v) is 8.26. The Balaban J connectivity index is 1.52. The molecule has 0 atom stereocenters. The lowest BCUT2D eigenvalue weighted by atomic mass is 10.00. The Bertz CT molecular complexity index is 1320. The average Bonchev–Trinajstić information content (AvgIpc) is 3.62. The van der Waals surface area contributed by atoms with Gasteiger partial charge < -0.3 is 9.80 Å². The third kappa shape index (κ3) is 6.41. The zero-order valence-electron chi connectivity index (χ0n) is 22.6. The van der Waals surface area contributed by atoms with Gasteiger partial charge in [-0.3, -0.25) is 0 Å². The van der Waals surface area contributed by atoms with Crippen LogP contribution in [0.1, 0.15) is 66.8 Å². The summed E-state index contributed by atoms with van der Waals surface area (Å²) < 4.78 is 40.9. The molecule has 0 aromatic heterocycles.